The Balaban J connectivity index is 1.81. The Morgan fingerprint density at radius 1 is 1.21 bits per heavy atom. The van der Waals surface area contributed by atoms with Crippen molar-refractivity contribution in [2.75, 3.05) is 5.32 Å². The molecule has 0 saturated carbocycles. The van der Waals surface area contributed by atoms with Crippen LogP contribution < -0.4 is 5.32 Å². The van der Waals surface area contributed by atoms with E-state index in [1.54, 1.807) is 0 Å². The molecule has 1 aliphatic carbocycles. The Labute approximate surface area is 139 Å². The first-order valence-electron chi connectivity index (χ1n) is 8.05. The first kappa shape index (κ1) is 14.8. The van der Waals surface area contributed by atoms with E-state index >= 15 is 0 Å². The van der Waals surface area contributed by atoms with E-state index in [4.69, 9.17) is 0 Å². The number of non-ortho nitro benzene ring substituents is 1. The summed E-state index contributed by atoms with van der Waals surface area (Å²) in [5.41, 5.74) is 4.10. The average Bonchev–Trinajstić information content (AvgIpc) is 3.04. The first-order valence-corrected chi connectivity index (χ1v) is 8.05. The number of nitro benzene ring substituents is 1. The van der Waals surface area contributed by atoms with Crippen LogP contribution in [-0.2, 0) is 0 Å². The van der Waals surface area contributed by atoms with E-state index in [2.05, 4.69) is 42.6 Å². The van der Waals surface area contributed by atoms with Gasteiger partial charge in [-0.3, -0.25) is 10.1 Å². The molecule has 0 radical (unpaired) electrons. The van der Waals surface area contributed by atoms with Gasteiger partial charge in [0.2, 0.25) is 0 Å². The van der Waals surface area contributed by atoms with Crippen LogP contribution in [0.2, 0.25) is 0 Å². The van der Waals surface area contributed by atoms with Gasteiger partial charge < -0.3 is 10.4 Å². The number of benzene rings is 2. The lowest BCUT2D eigenvalue weighted by Gasteiger charge is -2.37. The van der Waals surface area contributed by atoms with E-state index < -0.39 is 4.92 Å². The second-order valence-electron chi connectivity index (χ2n) is 6.57. The molecule has 0 fully saturated rings. The number of fused-ring (bicyclic) bond motifs is 3. The molecule has 0 bridgehead atoms. The standard InChI is InChI=1S/C19H18N2O3/c1-11-5-7-17-15(9-11)13-3-2-4-14(13)19(20-17)16-10-12(21(23)24)6-8-18(16)22/h2-3,5-10,13-14,19-20,22H,4H2,1H3. The smallest absolute Gasteiger partial charge is 0.270 e. The highest BCUT2D eigenvalue weighted by atomic mass is 16.6. The maximum absolute atomic E-state index is 11.1. The van der Waals surface area contributed by atoms with Crippen LogP contribution in [0.4, 0.5) is 11.4 Å². The lowest BCUT2D eigenvalue weighted by atomic mass is 9.76. The Morgan fingerprint density at radius 2 is 2.04 bits per heavy atom. The number of nitro groups is 1. The minimum atomic E-state index is -0.423. The maximum Gasteiger partial charge on any atom is 0.270 e. The van der Waals surface area contributed by atoms with Crippen molar-refractivity contribution >= 4 is 11.4 Å². The molecule has 1 heterocycles. The van der Waals surface area contributed by atoms with Crippen LogP contribution in [0.1, 0.15) is 35.1 Å². The molecule has 0 amide bonds. The number of phenols is 1. The lowest BCUT2D eigenvalue weighted by Crippen LogP contribution is -2.29. The molecule has 2 aromatic rings. The van der Waals surface area contributed by atoms with E-state index in [0.29, 0.717) is 5.56 Å². The third kappa shape index (κ3) is 2.24. The Bertz CT molecular complexity index is 860. The third-order valence-corrected chi connectivity index (χ3v) is 5.08. The molecule has 2 N–H and O–H groups in total. The van der Waals surface area contributed by atoms with Crippen molar-refractivity contribution in [3.8, 4) is 5.75 Å². The fraction of sp³-hybridized carbons (Fsp3) is 0.263. The molecule has 0 aromatic heterocycles. The van der Waals surface area contributed by atoms with Gasteiger partial charge in [0.15, 0.2) is 0 Å². The number of aryl methyl sites for hydroxylation is 1. The van der Waals surface area contributed by atoms with Gasteiger partial charge in [0.25, 0.3) is 5.69 Å². The molecule has 5 heteroatoms. The highest BCUT2D eigenvalue weighted by Gasteiger charge is 2.39. The second-order valence-corrected chi connectivity index (χ2v) is 6.57. The average molecular weight is 322 g/mol. The molecule has 2 aromatic carbocycles. The van der Waals surface area contributed by atoms with Crippen LogP contribution in [0.15, 0.2) is 48.6 Å². The quantitative estimate of drug-likeness (QED) is 0.487. The summed E-state index contributed by atoms with van der Waals surface area (Å²) < 4.78 is 0. The number of rotatable bonds is 2. The summed E-state index contributed by atoms with van der Waals surface area (Å²) in [6.45, 7) is 2.08. The Kier molecular flexibility index (Phi) is 3.30. The highest BCUT2D eigenvalue weighted by molar-refractivity contribution is 5.62. The van der Waals surface area contributed by atoms with Crippen molar-refractivity contribution in [2.45, 2.75) is 25.3 Å². The molecule has 5 nitrogen and oxygen atoms in total. The summed E-state index contributed by atoms with van der Waals surface area (Å²) in [6, 6.07) is 10.4. The highest BCUT2D eigenvalue weighted by Crippen LogP contribution is 2.51. The van der Waals surface area contributed by atoms with E-state index in [1.807, 2.05) is 0 Å². The monoisotopic (exact) mass is 322 g/mol. The molecule has 122 valence electrons. The zero-order chi connectivity index (χ0) is 16.8. The Morgan fingerprint density at radius 3 is 2.83 bits per heavy atom. The normalized spacial score (nSPS) is 24.1. The molecule has 0 spiro atoms. The largest absolute Gasteiger partial charge is 0.508 e. The number of nitrogens with one attached hydrogen (secondary N) is 1. The van der Waals surface area contributed by atoms with Crippen molar-refractivity contribution in [1.29, 1.82) is 0 Å². The zero-order valence-electron chi connectivity index (χ0n) is 13.3. The van der Waals surface area contributed by atoms with Gasteiger partial charge in [-0.1, -0.05) is 29.8 Å². The number of nitrogens with zero attached hydrogens (tertiary/aromatic N) is 1. The Hall–Kier alpha value is -2.82. The molecule has 24 heavy (non-hydrogen) atoms. The van der Waals surface area contributed by atoms with Crippen molar-refractivity contribution in [1.82, 2.24) is 0 Å². The maximum atomic E-state index is 11.1. The molecular weight excluding hydrogens is 304 g/mol. The van der Waals surface area contributed by atoms with Crippen LogP contribution in [0.25, 0.3) is 0 Å². The number of hydrogen-bond acceptors (Lipinski definition) is 4. The summed E-state index contributed by atoms with van der Waals surface area (Å²) >= 11 is 0. The van der Waals surface area contributed by atoms with Gasteiger partial charge in [0.1, 0.15) is 5.75 Å². The van der Waals surface area contributed by atoms with Crippen LogP contribution in [0.5, 0.6) is 5.75 Å². The van der Waals surface area contributed by atoms with Gasteiger partial charge in [-0.25, -0.2) is 0 Å². The summed E-state index contributed by atoms with van der Waals surface area (Å²) in [6.07, 6.45) is 5.26. The van der Waals surface area contributed by atoms with Crippen molar-refractivity contribution in [2.24, 2.45) is 5.92 Å². The van der Waals surface area contributed by atoms with E-state index in [9.17, 15) is 15.2 Å². The number of allylic oxidation sites excluding steroid dienone is 2. The van der Waals surface area contributed by atoms with Crippen LogP contribution in [0, 0.1) is 23.0 Å². The lowest BCUT2D eigenvalue weighted by molar-refractivity contribution is -0.385. The molecule has 0 saturated heterocycles. The van der Waals surface area contributed by atoms with Crippen LogP contribution in [-0.4, -0.2) is 10.0 Å². The summed E-state index contributed by atoms with van der Waals surface area (Å²) in [7, 11) is 0. The number of phenolic OH excluding ortho intramolecular Hbond substituents is 1. The van der Waals surface area contributed by atoms with E-state index in [1.165, 1.54) is 29.3 Å². The predicted molar refractivity (Wildman–Crippen MR) is 92.3 cm³/mol. The molecular formula is C19H18N2O3. The van der Waals surface area contributed by atoms with Gasteiger partial charge in [0.05, 0.1) is 11.0 Å². The number of aromatic hydroxyl groups is 1. The number of anilines is 1. The van der Waals surface area contributed by atoms with Gasteiger partial charge in [-0.05, 0) is 37.0 Å². The molecule has 3 atom stereocenters. The fourth-order valence-electron chi connectivity index (χ4n) is 3.93. The minimum Gasteiger partial charge on any atom is -0.508 e. The first-order chi connectivity index (χ1) is 11.5. The summed E-state index contributed by atoms with van der Waals surface area (Å²) in [5.74, 6) is 0.608. The summed E-state index contributed by atoms with van der Waals surface area (Å²) in [5, 5.41) is 24.9. The molecule has 4 rings (SSSR count). The molecule has 3 unspecified atom stereocenters. The van der Waals surface area contributed by atoms with Crippen molar-refractivity contribution in [3.05, 3.63) is 75.4 Å². The third-order valence-electron chi connectivity index (χ3n) is 5.08. The van der Waals surface area contributed by atoms with Crippen LogP contribution >= 0.6 is 0 Å². The van der Waals surface area contributed by atoms with Gasteiger partial charge in [0, 0.05) is 29.3 Å². The van der Waals surface area contributed by atoms with Crippen molar-refractivity contribution in [3.63, 3.8) is 0 Å². The topological polar surface area (TPSA) is 75.4 Å². The van der Waals surface area contributed by atoms with Crippen LogP contribution in [0.3, 0.4) is 0 Å². The second kappa shape index (κ2) is 5.37. The van der Waals surface area contributed by atoms with E-state index in [0.717, 1.165) is 12.1 Å². The zero-order valence-corrected chi connectivity index (χ0v) is 13.3. The number of hydrogen-bond donors (Lipinski definition) is 2. The summed E-state index contributed by atoms with van der Waals surface area (Å²) in [4.78, 5) is 10.7. The van der Waals surface area contributed by atoms with Gasteiger partial charge >= 0.3 is 0 Å². The predicted octanol–water partition coefficient (Wildman–Crippen LogP) is 4.44. The minimum absolute atomic E-state index is 0.00168. The SMILES string of the molecule is Cc1ccc2c(c1)C1C=CCC1C(c1cc([N+](=O)[O-])ccc1O)N2. The molecule has 2 aliphatic rings. The van der Waals surface area contributed by atoms with Gasteiger partial charge in [-0.2, -0.15) is 0 Å². The van der Waals surface area contributed by atoms with Gasteiger partial charge in [-0.15, -0.1) is 0 Å². The van der Waals surface area contributed by atoms with Crippen molar-refractivity contribution < 1.29 is 10.0 Å². The molecule has 1 aliphatic heterocycles. The fourth-order valence-corrected chi connectivity index (χ4v) is 3.93. The van der Waals surface area contributed by atoms with E-state index in [-0.39, 0.29) is 29.3 Å².